The Morgan fingerprint density at radius 1 is 1.13 bits per heavy atom. The molecule has 6 heteroatoms. The number of carbonyl (C=O) groups is 2. The molecule has 2 amide bonds. The zero-order chi connectivity index (χ0) is 22.3. The Labute approximate surface area is 184 Å². The van der Waals surface area contributed by atoms with Crippen LogP contribution in [-0.2, 0) is 22.6 Å². The summed E-state index contributed by atoms with van der Waals surface area (Å²) in [5.74, 6) is 0.425. The Balaban J connectivity index is 2.21. The molecule has 5 nitrogen and oxygen atoms in total. The van der Waals surface area contributed by atoms with Gasteiger partial charge in [0.05, 0.1) is 7.11 Å². The number of aryl methyl sites for hydroxylation is 1. The van der Waals surface area contributed by atoms with E-state index in [2.05, 4.69) is 5.32 Å². The summed E-state index contributed by atoms with van der Waals surface area (Å²) in [5.41, 5.74) is 1.43. The first kappa shape index (κ1) is 23.7. The van der Waals surface area contributed by atoms with Crippen molar-refractivity contribution in [2.45, 2.75) is 58.7 Å². The maximum Gasteiger partial charge on any atom is 0.242 e. The zero-order valence-corrected chi connectivity index (χ0v) is 19.1. The second-order valence-corrected chi connectivity index (χ2v) is 8.79. The molecule has 0 aliphatic heterocycles. The van der Waals surface area contributed by atoms with Gasteiger partial charge in [0.2, 0.25) is 11.8 Å². The Hall–Kier alpha value is -2.53. The highest BCUT2D eigenvalue weighted by molar-refractivity contribution is 6.31. The molecule has 0 saturated carbocycles. The third kappa shape index (κ3) is 7.06. The van der Waals surface area contributed by atoms with Gasteiger partial charge in [-0.25, -0.2) is 0 Å². The van der Waals surface area contributed by atoms with Crippen molar-refractivity contribution in [1.82, 2.24) is 10.2 Å². The summed E-state index contributed by atoms with van der Waals surface area (Å²) in [7, 11) is 1.60. The van der Waals surface area contributed by atoms with Crippen molar-refractivity contribution in [3.8, 4) is 5.75 Å². The van der Waals surface area contributed by atoms with Crippen LogP contribution in [0, 0.1) is 0 Å². The molecule has 0 bridgehead atoms. The van der Waals surface area contributed by atoms with Gasteiger partial charge in [0.1, 0.15) is 11.8 Å². The number of ether oxygens (including phenoxy) is 1. The summed E-state index contributed by atoms with van der Waals surface area (Å²) in [4.78, 5) is 27.6. The van der Waals surface area contributed by atoms with Crippen LogP contribution in [0.5, 0.6) is 5.75 Å². The van der Waals surface area contributed by atoms with Crippen LogP contribution in [0.25, 0.3) is 0 Å². The number of methoxy groups -OCH3 is 1. The van der Waals surface area contributed by atoms with Crippen LogP contribution in [0.4, 0.5) is 0 Å². The fraction of sp³-hybridized carbons (Fsp3) is 0.417. The molecule has 162 valence electrons. The van der Waals surface area contributed by atoms with E-state index < -0.39 is 6.04 Å². The van der Waals surface area contributed by atoms with Crippen LogP contribution in [0.1, 0.15) is 45.2 Å². The van der Waals surface area contributed by atoms with Crippen molar-refractivity contribution in [3.05, 3.63) is 64.7 Å². The average molecular weight is 431 g/mol. The minimum Gasteiger partial charge on any atom is -0.497 e. The second kappa shape index (κ2) is 10.5. The third-order valence-electron chi connectivity index (χ3n) is 4.72. The van der Waals surface area contributed by atoms with E-state index in [1.54, 1.807) is 18.9 Å². The normalized spacial score (nSPS) is 12.2. The Morgan fingerprint density at radius 3 is 2.47 bits per heavy atom. The lowest BCUT2D eigenvalue weighted by molar-refractivity contribution is -0.141. The number of hydrogen-bond donors (Lipinski definition) is 1. The quantitative estimate of drug-likeness (QED) is 0.665. The van der Waals surface area contributed by atoms with Gasteiger partial charge in [0, 0.05) is 23.5 Å². The number of carbonyl (C=O) groups excluding carboxylic acids is 2. The summed E-state index contributed by atoms with van der Waals surface area (Å²) in [6.07, 6.45) is 0.779. The van der Waals surface area contributed by atoms with Crippen LogP contribution in [0.15, 0.2) is 48.5 Å². The Morgan fingerprint density at radius 2 is 1.83 bits per heavy atom. The molecule has 0 fully saturated rings. The smallest absolute Gasteiger partial charge is 0.242 e. The lowest BCUT2D eigenvalue weighted by Crippen LogP contribution is -2.52. The molecule has 0 heterocycles. The standard InChI is InChI=1S/C24H31ClN2O3/c1-17(23(29)26-24(2,3)4)27(16-18-9-8-11-20(15-18)30-5)22(28)14-13-19-10-6-7-12-21(19)25/h6-12,15,17H,13-14,16H2,1-5H3,(H,26,29)/t17-/m0/s1. The number of nitrogens with zero attached hydrogens (tertiary/aromatic N) is 1. The number of benzene rings is 2. The van der Waals surface area contributed by atoms with Crippen molar-refractivity contribution >= 4 is 23.4 Å². The predicted octanol–water partition coefficient (Wildman–Crippen LogP) is 4.61. The van der Waals surface area contributed by atoms with Crippen LogP contribution in [-0.4, -0.2) is 35.4 Å². The molecule has 1 N–H and O–H groups in total. The molecule has 0 aliphatic rings. The van der Waals surface area contributed by atoms with Gasteiger partial charge >= 0.3 is 0 Å². The van der Waals surface area contributed by atoms with Gasteiger partial charge < -0.3 is 15.0 Å². The van der Waals surface area contributed by atoms with E-state index in [4.69, 9.17) is 16.3 Å². The molecule has 0 aliphatic carbocycles. The van der Waals surface area contributed by atoms with Gasteiger partial charge in [-0.05, 0) is 63.4 Å². The highest BCUT2D eigenvalue weighted by atomic mass is 35.5. The average Bonchev–Trinajstić information content (AvgIpc) is 2.69. The third-order valence-corrected chi connectivity index (χ3v) is 5.09. The number of halogens is 1. The number of nitrogens with one attached hydrogen (secondary N) is 1. The van der Waals surface area contributed by atoms with E-state index >= 15 is 0 Å². The van der Waals surface area contributed by atoms with E-state index in [1.165, 1.54) is 0 Å². The number of rotatable bonds is 8. The molecular formula is C24H31ClN2O3. The van der Waals surface area contributed by atoms with Crippen LogP contribution in [0.2, 0.25) is 5.02 Å². The largest absolute Gasteiger partial charge is 0.497 e. The monoisotopic (exact) mass is 430 g/mol. The number of hydrogen-bond acceptors (Lipinski definition) is 3. The molecule has 0 saturated heterocycles. The first-order valence-electron chi connectivity index (χ1n) is 10.1. The van der Waals surface area contributed by atoms with Crippen LogP contribution in [0.3, 0.4) is 0 Å². The van der Waals surface area contributed by atoms with Gasteiger partial charge in [0.25, 0.3) is 0 Å². The molecule has 2 rings (SSSR count). The zero-order valence-electron chi connectivity index (χ0n) is 18.4. The minimum atomic E-state index is -0.617. The van der Waals surface area contributed by atoms with Crippen molar-refractivity contribution in [3.63, 3.8) is 0 Å². The van der Waals surface area contributed by atoms with Crippen molar-refractivity contribution in [2.75, 3.05) is 7.11 Å². The summed E-state index contributed by atoms with van der Waals surface area (Å²) in [5, 5.41) is 3.61. The molecule has 1 atom stereocenters. The fourth-order valence-corrected chi connectivity index (χ4v) is 3.34. The molecule has 2 aromatic carbocycles. The van der Waals surface area contributed by atoms with Gasteiger partial charge in [-0.15, -0.1) is 0 Å². The first-order valence-corrected chi connectivity index (χ1v) is 10.5. The maximum atomic E-state index is 13.2. The molecule has 0 radical (unpaired) electrons. The maximum absolute atomic E-state index is 13.2. The number of amides is 2. The molecular weight excluding hydrogens is 400 g/mol. The summed E-state index contributed by atoms with van der Waals surface area (Å²) in [6.45, 7) is 7.83. The second-order valence-electron chi connectivity index (χ2n) is 8.38. The SMILES string of the molecule is COc1cccc(CN(C(=O)CCc2ccccc2Cl)[C@@H](C)C(=O)NC(C)(C)C)c1. The van der Waals surface area contributed by atoms with Crippen molar-refractivity contribution in [2.24, 2.45) is 0 Å². The van der Waals surface area contributed by atoms with Crippen molar-refractivity contribution < 1.29 is 14.3 Å². The fourth-order valence-electron chi connectivity index (χ4n) is 3.11. The van der Waals surface area contributed by atoms with Gasteiger partial charge in [-0.2, -0.15) is 0 Å². The molecule has 0 unspecified atom stereocenters. The van der Waals surface area contributed by atoms with E-state index in [0.717, 1.165) is 11.1 Å². The molecule has 30 heavy (non-hydrogen) atoms. The topological polar surface area (TPSA) is 58.6 Å². The van der Waals surface area contributed by atoms with Crippen LogP contribution < -0.4 is 10.1 Å². The van der Waals surface area contributed by atoms with E-state index in [0.29, 0.717) is 23.7 Å². The van der Waals surface area contributed by atoms with E-state index in [9.17, 15) is 9.59 Å². The minimum absolute atomic E-state index is 0.103. The van der Waals surface area contributed by atoms with Crippen LogP contribution >= 0.6 is 11.6 Å². The van der Waals surface area contributed by atoms with Gasteiger partial charge in [-0.1, -0.05) is 41.9 Å². The highest BCUT2D eigenvalue weighted by Gasteiger charge is 2.28. The molecule has 0 aromatic heterocycles. The van der Waals surface area contributed by atoms with E-state index in [1.807, 2.05) is 69.3 Å². The summed E-state index contributed by atoms with van der Waals surface area (Å²) < 4.78 is 5.29. The highest BCUT2D eigenvalue weighted by Crippen LogP contribution is 2.20. The summed E-state index contributed by atoms with van der Waals surface area (Å²) in [6, 6.07) is 14.4. The molecule has 0 spiro atoms. The first-order chi connectivity index (χ1) is 14.1. The Kier molecular flexibility index (Phi) is 8.30. The lowest BCUT2D eigenvalue weighted by atomic mass is 10.1. The predicted molar refractivity (Wildman–Crippen MR) is 121 cm³/mol. The van der Waals surface area contributed by atoms with Gasteiger partial charge in [-0.3, -0.25) is 9.59 Å². The lowest BCUT2D eigenvalue weighted by Gasteiger charge is -2.31. The van der Waals surface area contributed by atoms with E-state index in [-0.39, 0.29) is 23.8 Å². The Bertz CT molecular complexity index is 877. The van der Waals surface area contributed by atoms with Crippen molar-refractivity contribution in [1.29, 1.82) is 0 Å². The summed E-state index contributed by atoms with van der Waals surface area (Å²) >= 11 is 6.23. The van der Waals surface area contributed by atoms with Gasteiger partial charge in [0.15, 0.2) is 0 Å². The molecule has 2 aromatic rings.